The molecule has 0 aromatic carbocycles. The van der Waals surface area contributed by atoms with E-state index in [4.69, 9.17) is 4.52 Å². The number of piperidine rings is 2. The van der Waals surface area contributed by atoms with Crippen LogP contribution in [0.15, 0.2) is 10.6 Å². The molecule has 0 radical (unpaired) electrons. The maximum absolute atomic E-state index is 12.6. The molecule has 1 aromatic rings. The van der Waals surface area contributed by atoms with Crippen LogP contribution in [-0.4, -0.2) is 70.0 Å². The molecule has 10 heteroatoms. The van der Waals surface area contributed by atoms with E-state index in [0.717, 1.165) is 63.1 Å². The largest absolute Gasteiger partial charge is 0.389 e. The lowest BCUT2D eigenvalue weighted by Gasteiger charge is -2.39. The van der Waals surface area contributed by atoms with E-state index in [0.29, 0.717) is 36.2 Å². The number of nitrogens with one attached hydrogen (secondary N) is 1. The number of amides is 1. The second-order valence-corrected chi connectivity index (χ2v) is 11.6. The standard InChI is InChI=1S/C24H35F3N4O2S/c25-24(26,27)8-1-9-30-10-6-16(7-11-30)15-34-31-19-4-5-20(31)13-18(12-19)28-23(32)21-14-22(33-29-21)17-2-3-17/h14,16-20H,1-13,15H2,(H,28,32)/t18?,19-,20?/m0/s1. The Labute approximate surface area is 203 Å². The first kappa shape index (κ1) is 24.4. The average Bonchev–Trinajstić information content (AvgIpc) is 3.47. The molecule has 1 N–H and O–H groups in total. The number of likely N-dealkylation sites (tertiary alicyclic amines) is 1. The fourth-order valence-electron chi connectivity index (χ4n) is 5.75. The number of nitrogens with zero attached hydrogens (tertiary/aromatic N) is 3. The normalized spacial score (nSPS) is 29.0. The molecule has 0 spiro atoms. The number of halogens is 3. The Morgan fingerprint density at radius 3 is 2.47 bits per heavy atom. The third-order valence-corrected chi connectivity index (χ3v) is 9.36. The van der Waals surface area contributed by atoms with Crippen LogP contribution in [0.2, 0.25) is 0 Å². The minimum atomic E-state index is -4.04. The molecule has 3 saturated heterocycles. The first-order valence-corrected chi connectivity index (χ1v) is 13.8. The van der Waals surface area contributed by atoms with Gasteiger partial charge in [-0.05, 0) is 83.3 Å². The van der Waals surface area contributed by atoms with E-state index in [1.54, 1.807) is 6.07 Å². The highest BCUT2D eigenvalue weighted by Gasteiger charge is 2.42. The Morgan fingerprint density at radius 1 is 1.12 bits per heavy atom. The molecule has 3 atom stereocenters. The van der Waals surface area contributed by atoms with Gasteiger partial charge in [-0.3, -0.25) is 4.79 Å². The summed E-state index contributed by atoms with van der Waals surface area (Å²) >= 11 is 1.96. The first-order chi connectivity index (χ1) is 16.3. The predicted molar refractivity (Wildman–Crippen MR) is 125 cm³/mol. The molecule has 2 bridgehead atoms. The minimum absolute atomic E-state index is 0.122. The Morgan fingerprint density at radius 2 is 1.82 bits per heavy atom. The van der Waals surface area contributed by atoms with Crippen molar-refractivity contribution in [1.29, 1.82) is 0 Å². The molecule has 34 heavy (non-hydrogen) atoms. The number of hydrogen-bond donors (Lipinski definition) is 1. The van der Waals surface area contributed by atoms with Gasteiger partial charge >= 0.3 is 6.18 Å². The van der Waals surface area contributed by atoms with Crippen molar-refractivity contribution in [1.82, 2.24) is 19.7 Å². The molecule has 190 valence electrons. The molecule has 3 aliphatic heterocycles. The van der Waals surface area contributed by atoms with Gasteiger partial charge in [0, 0.05) is 42.3 Å². The van der Waals surface area contributed by atoms with E-state index in [9.17, 15) is 18.0 Å². The number of carbonyl (C=O) groups excluding carboxylic acids is 1. The van der Waals surface area contributed by atoms with Crippen molar-refractivity contribution in [3.05, 3.63) is 17.5 Å². The topological polar surface area (TPSA) is 61.6 Å². The van der Waals surface area contributed by atoms with E-state index in [1.165, 1.54) is 12.8 Å². The number of aromatic nitrogens is 1. The van der Waals surface area contributed by atoms with Crippen LogP contribution in [0.4, 0.5) is 13.2 Å². The molecular weight excluding hydrogens is 465 g/mol. The summed E-state index contributed by atoms with van der Waals surface area (Å²) in [6.45, 7) is 2.38. The first-order valence-electron chi connectivity index (χ1n) is 12.8. The second kappa shape index (κ2) is 10.4. The van der Waals surface area contributed by atoms with Gasteiger partial charge in [0.2, 0.25) is 0 Å². The fraction of sp³-hybridized carbons (Fsp3) is 0.833. The lowest BCUT2D eigenvalue weighted by atomic mass is 9.99. The van der Waals surface area contributed by atoms with E-state index in [1.807, 2.05) is 11.9 Å². The van der Waals surface area contributed by atoms with Crippen molar-refractivity contribution < 1.29 is 22.5 Å². The van der Waals surface area contributed by atoms with E-state index in [2.05, 4.69) is 19.7 Å². The van der Waals surface area contributed by atoms with Gasteiger partial charge in [0.05, 0.1) is 0 Å². The summed E-state index contributed by atoms with van der Waals surface area (Å²) in [4.78, 5) is 14.8. The summed E-state index contributed by atoms with van der Waals surface area (Å²) in [5, 5.41) is 7.16. The van der Waals surface area contributed by atoms with Crippen molar-refractivity contribution in [2.75, 3.05) is 25.4 Å². The summed E-state index contributed by atoms with van der Waals surface area (Å²) in [5.41, 5.74) is 0.399. The quantitative estimate of drug-likeness (QED) is 0.483. The zero-order valence-electron chi connectivity index (χ0n) is 19.6. The summed E-state index contributed by atoms with van der Waals surface area (Å²) in [6.07, 6.45) is 4.17. The van der Waals surface area contributed by atoms with Crippen LogP contribution < -0.4 is 5.32 Å². The van der Waals surface area contributed by atoms with Gasteiger partial charge in [0.25, 0.3) is 5.91 Å². The molecule has 1 aliphatic carbocycles. The monoisotopic (exact) mass is 500 g/mol. The van der Waals surface area contributed by atoms with Crippen molar-refractivity contribution in [2.24, 2.45) is 5.92 Å². The van der Waals surface area contributed by atoms with Crippen LogP contribution in [-0.2, 0) is 0 Å². The lowest BCUT2D eigenvalue weighted by Crippen LogP contribution is -2.48. The Kier molecular flexibility index (Phi) is 7.46. The smallest absolute Gasteiger partial charge is 0.360 e. The average molecular weight is 501 g/mol. The molecule has 4 fully saturated rings. The fourth-order valence-corrected chi connectivity index (χ4v) is 7.27. The van der Waals surface area contributed by atoms with Crippen LogP contribution in [0.25, 0.3) is 0 Å². The van der Waals surface area contributed by atoms with Crippen molar-refractivity contribution in [3.8, 4) is 0 Å². The van der Waals surface area contributed by atoms with Crippen LogP contribution >= 0.6 is 11.9 Å². The van der Waals surface area contributed by atoms with Crippen LogP contribution in [0.3, 0.4) is 0 Å². The Hall–Kier alpha value is -1.26. The maximum Gasteiger partial charge on any atom is 0.389 e. The number of fused-ring (bicyclic) bond motifs is 2. The van der Waals surface area contributed by atoms with Crippen LogP contribution in [0.1, 0.15) is 86.4 Å². The molecule has 1 saturated carbocycles. The highest BCUT2D eigenvalue weighted by Crippen LogP contribution is 2.42. The Balaban J connectivity index is 1.02. The van der Waals surface area contributed by atoms with Crippen LogP contribution in [0.5, 0.6) is 0 Å². The Bertz CT molecular complexity index is 824. The predicted octanol–water partition coefficient (Wildman–Crippen LogP) is 4.98. The van der Waals surface area contributed by atoms with Gasteiger partial charge in [-0.1, -0.05) is 17.1 Å². The number of hydrogen-bond acceptors (Lipinski definition) is 6. The van der Waals surface area contributed by atoms with Gasteiger partial charge in [-0.15, -0.1) is 0 Å². The SMILES string of the molecule is O=C(NC1CC2CC[C@@H](C1)N2SCC1CCN(CCCC(F)(F)F)CC1)c1cc(C2CC2)on1. The molecule has 1 aromatic heterocycles. The maximum atomic E-state index is 12.6. The molecule has 4 aliphatic rings. The second-order valence-electron chi connectivity index (χ2n) is 10.6. The minimum Gasteiger partial charge on any atom is -0.360 e. The molecular formula is C24H35F3N4O2S. The molecule has 1 amide bonds. The van der Waals surface area contributed by atoms with E-state index in [-0.39, 0.29) is 18.4 Å². The number of alkyl halides is 3. The molecule has 6 nitrogen and oxygen atoms in total. The van der Waals surface area contributed by atoms with Crippen molar-refractivity contribution in [2.45, 2.75) is 94.4 Å². The van der Waals surface area contributed by atoms with Gasteiger partial charge in [-0.2, -0.15) is 13.2 Å². The van der Waals surface area contributed by atoms with Gasteiger partial charge in [0.15, 0.2) is 5.69 Å². The molecule has 2 unspecified atom stereocenters. The number of carbonyl (C=O) groups is 1. The highest BCUT2D eigenvalue weighted by atomic mass is 32.2. The number of rotatable bonds is 9. The zero-order chi connectivity index (χ0) is 23.7. The van der Waals surface area contributed by atoms with Gasteiger partial charge in [-0.25, -0.2) is 4.31 Å². The van der Waals surface area contributed by atoms with Crippen molar-refractivity contribution in [3.63, 3.8) is 0 Å². The summed E-state index contributed by atoms with van der Waals surface area (Å²) in [5.74, 6) is 2.88. The van der Waals surface area contributed by atoms with Crippen molar-refractivity contribution >= 4 is 17.9 Å². The molecule has 5 rings (SSSR count). The summed E-state index contributed by atoms with van der Waals surface area (Å²) in [7, 11) is 0. The highest BCUT2D eigenvalue weighted by molar-refractivity contribution is 7.97. The molecule has 4 heterocycles. The van der Waals surface area contributed by atoms with E-state index >= 15 is 0 Å². The van der Waals surface area contributed by atoms with E-state index < -0.39 is 12.6 Å². The third kappa shape index (κ3) is 6.29. The summed E-state index contributed by atoms with van der Waals surface area (Å²) < 4.78 is 45.0. The van der Waals surface area contributed by atoms with Gasteiger partial charge < -0.3 is 14.7 Å². The van der Waals surface area contributed by atoms with Crippen LogP contribution in [0, 0.1) is 5.92 Å². The third-order valence-electron chi connectivity index (χ3n) is 7.84. The van der Waals surface area contributed by atoms with Gasteiger partial charge in [0.1, 0.15) is 5.76 Å². The lowest BCUT2D eigenvalue weighted by molar-refractivity contribution is -0.136. The summed E-state index contributed by atoms with van der Waals surface area (Å²) in [6, 6.07) is 2.98. The zero-order valence-corrected chi connectivity index (χ0v) is 20.4.